The summed E-state index contributed by atoms with van der Waals surface area (Å²) in [4.78, 5) is 26.1. The number of methoxy groups -OCH3 is 1. The minimum Gasteiger partial charge on any atom is -0.465 e. The largest absolute Gasteiger partial charge is 0.465 e. The van der Waals surface area contributed by atoms with Gasteiger partial charge in [0.05, 0.1) is 12.7 Å². The molecule has 4 nitrogen and oxygen atoms in total. The summed E-state index contributed by atoms with van der Waals surface area (Å²) in [5, 5.41) is 3.51. The van der Waals surface area contributed by atoms with Crippen molar-refractivity contribution < 1.29 is 14.3 Å². The Morgan fingerprint density at radius 3 is 2.68 bits per heavy atom. The average Bonchev–Trinajstić information content (AvgIpc) is 2.98. The van der Waals surface area contributed by atoms with Gasteiger partial charge < -0.3 is 10.1 Å². The Hall–Kier alpha value is -1.66. The van der Waals surface area contributed by atoms with Gasteiger partial charge in [-0.3, -0.25) is 4.79 Å². The van der Waals surface area contributed by atoms with Gasteiger partial charge in [-0.05, 0) is 55.0 Å². The molecule has 0 spiro atoms. The van der Waals surface area contributed by atoms with E-state index in [0.29, 0.717) is 22.0 Å². The topological polar surface area (TPSA) is 55.4 Å². The quantitative estimate of drug-likeness (QED) is 0.701. The summed E-state index contributed by atoms with van der Waals surface area (Å²) in [6.07, 6.45) is 4.04. The van der Waals surface area contributed by atoms with Crippen molar-refractivity contribution in [3.8, 4) is 0 Å². The minimum absolute atomic E-state index is 0.219. The Labute approximate surface area is 159 Å². The number of fused-ring (bicyclic) bond motifs is 1. The Balaban J connectivity index is 1.92. The molecule has 1 unspecified atom stereocenters. The van der Waals surface area contributed by atoms with Crippen molar-refractivity contribution >= 4 is 44.1 Å². The number of ether oxygens (including phenoxy) is 1. The lowest BCUT2D eigenvalue weighted by molar-refractivity contribution is 0.0601. The van der Waals surface area contributed by atoms with Gasteiger partial charge in [-0.1, -0.05) is 29.3 Å². The zero-order valence-electron chi connectivity index (χ0n) is 14.2. The summed E-state index contributed by atoms with van der Waals surface area (Å²) in [5.74, 6) is 0.0496. The molecule has 0 saturated carbocycles. The first kappa shape index (κ1) is 18.1. The number of esters is 1. The molecule has 1 N–H and O–H groups in total. The van der Waals surface area contributed by atoms with E-state index in [2.05, 4.69) is 28.2 Å². The van der Waals surface area contributed by atoms with E-state index in [9.17, 15) is 9.59 Å². The van der Waals surface area contributed by atoms with Crippen molar-refractivity contribution in [2.45, 2.75) is 32.6 Å². The van der Waals surface area contributed by atoms with E-state index in [1.54, 1.807) is 12.1 Å². The van der Waals surface area contributed by atoms with Crippen molar-refractivity contribution in [1.29, 1.82) is 0 Å². The molecule has 1 atom stereocenters. The van der Waals surface area contributed by atoms with Crippen LogP contribution in [0.1, 0.15) is 50.9 Å². The van der Waals surface area contributed by atoms with Gasteiger partial charge in [0, 0.05) is 14.9 Å². The first-order valence-corrected chi connectivity index (χ1v) is 9.94. The van der Waals surface area contributed by atoms with Gasteiger partial charge in [0.25, 0.3) is 5.91 Å². The predicted molar refractivity (Wildman–Crippen MR) is 104 cm³/mol. The summed E-state index contributed by atoms with van der Waals surface area (Å²) in [6, 6.07) is 7.14. The standard InChI is InChI=1S/C19H20BrNO3S/c1-3-11-4-9-14-15(10-11)25-18(16(14)19(23)24-2)21-17(22)12-5-7-13(20)8-6-12/h5-8,11H,3-4,9-10H2,1-2H3,(H,21,22). The highest BCUT2D eigenvalue weighted by atomic mass is 79.9. The van der Waals surface area contributed by atoms with Crippen LogP contribution < -0.4 is 5.32 Å². The van der Waals surface area contributed by atoms with Crippen LogP contribution in [-0.4, -0.2) is 19.0 Å². The SMILES string of the molecule is CCC1CCc2c(sc(NC(=O)c3ccc(Br)cc3)c2C(=O)OC)C1. The van der Waals surface area contributed by atoms with Crippen molar-refractivity contribution in [3.05, 3.63) is 50.3 Å². The number of amides is 1. The third-order valence-electron chi connectivity index (χ3n) is 4.67. The van der Waals surface area contributed by atoms with Crippen molar-refractivity contribution in [2.24, 2.45) is 5.92 Å². The van der Waals surface area contributed by atoms with Gasteiger partial charge in [0.2, 0.25) is 0 Å². The normalized spacial score (nSPS) is 16.2. The summed E-state index contributed by atoms with van der Waals surface area (Å²) in [5.41, 5.74) is 2.13. The van der Waals surface area contributed by atoms with Crippen molar-refractivity contribution in [1.82, 2.24) is 0 Å². The van der Waals surface area contributed by atoms with E-state index < -0.39 is 0 Å². The second-order valence-electron chi connectivity index (χ2n) is 6.18. The number of anilines is 1. The maximum atomic E-state index is 12.6. The molecule has 6 heteroatoms. The fraction of sp³-hybridized carbons (Fsp3) is 0.368. The van der Waals surface area contributed by atoms with Gasteiger partial charge in [-0.25, -0.2) is 4.79 Å². The van der Waals surface area contributed by atoms with E-state index in [1.807, 2.05) is 12.1 Å². The molecule has 3 rings (SSSR count). The van der Waals surface area contributed by atoms with Crippen LogP contribution in [-0.2, 0) is 17.6 Å². The van der Waals surface area contributed by atoms with Crippen LogP contribution >= 0.6 is 27.3 Å². The molecule has 132 valence electrons. The fourth-order valence-corrected chi connectivity index (χ4v) is 4.79. The minimum atomic E-state index is -0.376. The molecule has 1 aliphatic carbocycles. The van der Waals surface area contributed by atoms with Gasteiger partial charge in [-0.15, -0.1) is 11.3 Å². The monoisotopic (exact) mass is 421 g/mol. The van der Waals surface area contributed by atoms with Gasteiger partial charge in [0.1, 0.15) is 5.00 Å². The van der Waals surface area contributed by atoms with Gasteiger partial charge in [0.15, 0.2) is 0 Å². The predicted octanol–water partition coefficient (Wildman–Crippen LogP) is 5.06. The highest BCUT2D eigenvalue weighted by Gasteiger charge is 2.29. The molecule has 0 fully saturated rings. The fourth-order valence-electron chi connectivity index (χ4n) is 3.19. The lowest BCUT2D eigenvalue weighted by Crippen LogP contribution is -2.16. The highest BCUT2D eigenvalue weighted by Crippen LogP contribution is 2.40. The number of carbonyl (C=O) groups is 2. The Morgan fingerprint density at radius 1 is 1.32 bits per heavy atom. The number of rotatable bonds is 4. The summed E-state index contributed by atoms with van der Waals surface area (Å²) in [7, 11) is 1.38. The number of hydrogen-bond acceptors (Lipinski definition) is 4. The smallest absolute Gasteiger partial charge is 0.341 e. The van der Waals surface area contributed by atoms with Crippen LogP contribution in [0.2, 0.25) is 0 Å². The zero-order chi connectivity index (χ0) is 18.0. The average molecular weight is 422 g/mol. The molecule has 1 aliphatic rings. The third kappa shape index (κ3) is 3.80. The number of thiophene rings is 1. The molecule has 0 bridgehead atoms. The van der Waals surface area contributed by atoms with Crippen LogP contribution in [0.5, 0.6) is 0 Å². The molecular formula is C19H20BrNO3S. The molecule has 1 aromatic heterocycles. The highest BCUT2D eigenvalue weighted by molar-refractivity contribution is 9.10. The maximum Gasteiger partial charge on any atom is 0.341 e. The van der Waals surface area contributed by atoms with E-state index in [1.165, 1.54) is 23.3 Å². The van der Waals surface area contributed by atoms with Crippen LogP contribution in [0.3, 0.4) is 0 Å². The third-order valence-corrected chi connectivity index (χ3v) is 6.37. The first-order chi connectivity index (χ1) is 12.0. The molecule has 0 aliphatic heterocycles. The van der Waals surface area contributed by atoms with E-state index >= 15 is 0 Å². The van der Waals surface area contributed by atoms with Crippen LogP contribution in [0.4, 0.5) is 5.00 Å². The Bertz CT molecular complexity index is 798. The molecule has 25 heavy (non-hydrogen) atoms. The number of hydrogen-bond donors (Lipinski definition) is 1. The molecule has 1 heterocycles. The summed E-state index contributed by atoms with van der Waals surface area (Å²) in [6.45, 7) is 2.20. The summed E-state index contributed by atoms with van der Waals surface area (Å²) < 4.78 is 5.88. The number of benzene rings is 1. The van der Waals surface area contributed by atoms with E-state index in [4.69, 9.17) is 4.74 Å². The molecule has 1 aromatic carbocycles. The number of carbonyl (C=O) groups excluding carboxylic acids is 2. The van der Waals surface area contributed by atoms with E-state index in [0.717, 1.165) is 35.7 Å². The molecule has 0 saturated heterocycles. The van der Waals surface area contributed by atoms with Crippen LogP contribution in [0, 0.1) is 5.92 Å². The van der Waals surface area contributed by atoms with Gasteiger partial charge >= 0.3 is 5.97 Å². The second kappa shape index (κ2) is 7.70. The lowest BCUT2D eigenvalue weighted by atomic mass is 9.85. The van der Waals surface area contributed by atoms with Crippen LogP contribution in [0.25, 0.3) is 0 Å². The van der Waals surface area contributed by atoms with E-state index in [-0.39, 0.29) is 11.9 Å². The maximum absolute atomic E-state index is 12.6. The van der Waals surface area contributed by atoms with Crippen molar-refractivity contribution in [2.75, 3.05) is 12.4 Å². The van der Waals surface area contributed by atoms with Crippen LogP contribution in [0.15, 0.2) is 28.7 Å². The Kier molecular flexibility index (Phi) is 5.59. The van der Waals surface area contributed by atoms with Crippen molar-refractivity contribution in [3.63, 3.8) is 0 Å². The number of halogens is 1. The number of nitrogens with one attached hydrogen (secondary N) is 1. The van der Waals surface area contributed by atoms with Gasteiger partial charge in [-0.2, -0.15) is 0 Å². The lowest BCUT2D eigenvalue weighted by Gasteiger charge is -2.20. The molecule has 1 amide bonds. The second-order valence-corrected chi connectivity index (χ2v) is 8.20. The molecule has 2 aromatic rings. The Morgan fingerprint density at radius 2 is 2.04 bits per heavy atom. The molecular weight excluding hydrogens is 402 g/mol. The summed E-state index contributed by atoms with van der Waals surface area (Å²) >= 11 is 4.87. The first-order valence-electron chi connectivity index (χ1n) is 8.33. The zero-order valence-corrected chi connectivity index (χ0v) is 16.6. The molecule has 0 radical (unpaired) electrons.